The summed E-state index contributed by atoms with van der Waals surface area (Å²) in [4.78, 5) is 26.4. The molecule has 5 heteroatoms. The second-order valence-electron chi connectivity index (χ2n) is 10.3. The number of aliphatic carboxylic acids is 1. The lowest BCUT2D eigenvalue weighted by Crippen LogP contribution is -2.60. The lowest BCUT2D eigenvalue weighted by atomic mass is 9.49. The first-order valence-electron chi connectivity index (χ1n) is 10.8. The number of carbonyl (C=O) groups is 2. The Bertz CT molecular complexity index is 559. The van der Waals surface area contributed by atoms with Gasteiger partial charge in [0.2, 0.25) is 5.91 Å². The Morgan fingerprint density at radius 3 is 2.04 bits per heavy atom. The van der Waals surface area contributed by atoms with Gasteiger partial charge in [0.1, 0.15) is 0 Å². The Morgan fingerprint density at radius 1 is 0.962 bits per heavy atom. The van der Waals surface area contributed by atoms with Crippen LogP contribution in [-0.2, 0) is 9.59 Å². The van der Waals surface area contributed by atoms with Gasteiger partial charge in [-0.25, -0.2) is 0 Å². The van der Waals surface area contributed by atoms with Gasteiger partial charge in [0, 0.05) is 24.0 Å². The first kappa shape index (κ1) is 17.0. The van der Waals surface area contributed by atoms with Crippen LogP contribution in [0.2, 0.25) is 0 Å². The largest absolute Gasteiger partial charge is 0.480 e. The van der Waals surface area contributed by atoms with Crippen molar-refractivity contribution in [3.63, 3.8) is 0 Å². The molecule has 0 heterocycles. The summed E-state index contributed by atoms with van der Waals surface area (Å²) >= 11 is 0. The van der Waals surface area contributed by atoms with Crippen LogP contribution >= 0.6 is 0 Å². The summed E-state index contributed by atoms with van der Waals surface area (Å²) in [6, 6.07) is 0.601. The van der Waals surface area contributed by atoms with Crippen molar-refractivity contribution in [3.8, 4) is 0 Å². The number of nitrogens with one attached hydrogen (secondary N) is 1. The molecule has 0 aromatic carbocycles. The summed E-state index contributed by atoms with van der Waals surface area (Å²) in [6.07, 6.45) is 11.8. The zero-order chi connectivity index (χ0) is 17.9. The number of hydrogen-bond acceptors (Lipinski definition) is 3. The molecule has 6 rings (SSSR count). The van der Waals surface area contributed by atoms with Gasteiger partial charge in [-0.3, -0.25) is 14.5 Å². The zero-order valence-corrected chi connectivity index (χ0v) is 15.7. The van der Waals surface area contributed by atoms with Gasteiger partial charge in [0.05, 0.1) is 6.54 Å². The number of nitrogens with zero attached hydrogens (tertiary/aromatic N) is 1. The molecule has 0 aromatic rings. The molecular formula is C21H32N2O3. The van der Waals surface area contributed by atoms with Crippen molar-refractivity contribution in [2.75, 3.05) is 13.1 Å². The van der Waals surface area contributed by atoms with Crippen molar-refractivity contribution in [1.82, 2.24) is 10.2 Å². The van der Waals surface area contributed by atoms with Crippen LogP contribution in [0.3, 0.4) is 0 Å². The van der Waals surface area contributed by atoms with Crippen LogP contribution in [0.25, 0.3) is 0 Å². The highest BCUT2D eigenvalue weighted by Crippen LogP contribution is 2.60. The van der Waals surface area contributed by atoms with Gasteiger partial charge in [-0.1, -0.05) is 0 Å². The van der Waals surface area contributed by atoms with Crippen LogP contribution < -0.4 is 5.32 Å². The monoisotopic (exact) mass is 360 g/mol. The van der Waals surface area contributed by atoms with Gasteiger partial charge in [-0.2, -0.15) is 0 Å². The lowest BCUT2D eigenvalue weighted by Gasteiger charge is -2.56. The van der Waals surface area contributed by atoms with Crippen LogP contribution in [0.4, 0.5) is 0 Å². The minimum Gasteiger partial charge on any atom is -0.480 e. The smallest absolute Gasteiger partial charge is 0.317 e. The Balaban J connectivity index is 1.16. The molecule has 6 aliphatic rings. The van der Waals surface area contributed by atoms with Crippen molar-refractivity contribution in [2.45, 2.75) is 76.3 Å². The fourth-order valence-electron chi connectivity index (χ4n) is 6.88. The minimum atomic E-state index is -0.730. The van der Waals surface area contributed by atoms with Crippen LogP contribution in [0, 0.1) is 29.1 Å². The molecule has 0 spiro atoms. The predicted molar refractivity (Wildman–Crippen MR) is 97.5 cm³/mol. The first-order chi connectivity index (χ1) is 12.5. The Morgan fingerprint density at radius 2 is 1.54 bits per heavy atom. The third-order valence-electron chi connectivity index (χ3n) is 8.01. The standard InChI is InChI=1S/C21H32N2O3/c24-19(25)12-23(11-13-1-2-13)18-6-17(7-18)22-20(26)21-8-14-3-15(9-21)5-16(4-14)10-21/h13-18H,1-12H2,(H,22,26)(H,24,25). The molecule has 5 nitrogen and oxygen atoms in total. The van der Waals surface area contributed by atoms with Gasteiger partial charge in [-0.05, 0) is 87.9 Å². The second kappa shape index (κ2) is 6.22. The quantitative estimate of drug-likeness (QED) is 0.732. The van der Waals surface area contributed by atoms with Gasteiger partial charge in [0.15, 0.2) is 0 Å². The van der Waals surface area contributed by atoms with Gasteiger partial charge < -0.3 is 10.4 Å². The average Bonchev–Trinajstić information content (AvgIpc) is 3.31. The summed E-state index contributed by atoms with van der Waals surface area (Å²) in [5.74, 6) is 2.69. The van der Waals surface area contributed by atoms with E-state index in [2.05, 4.69) is 10.2 Å². The van der Waals surface area contributed by atoms with E-state index in [4.69, 9.17) is 0 Å². The summed E-state index contributed by atoms with van der Waals surface area (Å²) in [7, 11) is 0. The second-order valence-corrected chi connectivity index (χ2v) is 10.3. The van der Waals surface area contributed by atoms with E-state index in [-0.39, 0.29) is 18.0 Å². The Hall–Kier alpha value is -1.10. The highest BCUT2D eigenvalue weighted by atomic mass is 16.4. The summed E-state index contributed by atoms with van der Waals surface area (Å²) in [6.45, 7) is 1.07. The van der Waals surface area contributed by atoms with Crippen molar-refractivity contribution in [2.24, 2.45) is 29.1 Å². The lowest BCUT2D eigenvalue weighted by molar-refractivity contribution is -0.148. The molecule has 6 aliphatic carbocycles. The molecule has 0 atom stereocenters. The van der Waals surface area contributed by atoms with E-state index in [1.54, 1.807) is 0 Å². The number of carbonyl (C=O) groups excluding carboxylic acids is 1. The fraction of sp³-hybridized carbons (Fsp3) is 0.905. The molecule has 4 bridgehead atoms. The molecular weight excluding hydrogens is 328 g/mol. The van der Waals surface area contributed by atoms with E-state index >= 15 is 0 Å². The van der Waals surface area contributed by atoms with Crippen molar-refractivity contribution in [3.05, 3.63) is 0 Å². The highest BCUT2D eigenvalue weighted by molar-refractivity contribution is 5.83. The third-order valence-corrected chi connectivity index (χ3v) is 8.01. The first-order valence-corrected chi connectivity index (χ1v) is 10.8. The topological polar surface area (TPSA) is 69.6 Å². The molecule has 1 amide bonds. The van der Waals surface area contributed by atoms with Crippen molar-refractivity contribution in [1.29, 1.82) is 0 Å². The maximum absolute atomic E-state index is 13.1. The summed E-state index contributed by atoms with van der Waals surface area (Å²) in [5.41, 5.74) is -0.0609. The maximum atomic E-state index is 13.1. The number of carboxylic acids is 1. The van der Waals surface area contributed by atoms with E-state index in [9.17, 15) is 14.7 Å². The number of carboxylic acid groups (broad SMARTS) is 1. The highest BCUT2D eigenvalue weighted by Gasteiger charge is 2.55. The number of hydrogen-bond donors (Lipinski definition) is 2. The molecule has 26 heavy (non-hydrogen) atoms. The molecule has 0 unspecified atom stereocenters. The van der Waals surface area contributed by atoms with Crippen LogP contribution in [0.1, 0.15) is 64.2 Å². The number of rotatable bonds is 7. The van der Waals surface area contributed by atoms with Crippen LogP contribution in [0.5, 0.6) is 0 Å². The molecule has 0 aliphatic heterocycles. The Kier molecular flexibility index (Phi) is 4.07. The summed E-state index contributed by atoms with van der Waals surface area (Å²) in [5, 5.41) is 12.5. The molecule has 144 valence electrons. The predicted octanol–water partition coefficient (Wildman–Crippen LogP) is 2.65. The van der Waals surface area contributed by atoms with E-state index in [0.717, 1.165) is 56.4 Å². The van der Waals surface area contributed by atoms with E-state index in [1.165, 1.54) is 32.1 Å². The average molecular weight is 360 g/mol. The molecule has 2 N–H and O–H groups in total. The van der Waals surface area contributed by atoms with Crippen LogP contribution in [-0.4, -0.2) is 47.1 Å². The molecule has 0 radical (unpaired) electrons. The van der Waals surface area contributed by atoms with E-state index < -0.39 is 5.97 Å². The van der Waals surface area contributed by atoms with E-state index in [0.29, 0.717) is 17.9 Å². The van der Waals surface area contributed by atoms with Gasteiger partial charge in [-0.15, -0.1) is 0 Å². The Labute approximate surface area is 155 Å². The molecule has 0 aromatic heterocycles. The fourth-order valence-corrected chi connectivity index (χ4v) is 6.88. The number of amides is 1. The van der Waals surface area contributed by atoms with Crippen LogP contribution in [0.15, 0.2) is 0 Å². The van der Waals surface area contributed by atoms with E-state index in [1.807, 2.05) is 0 Å². The summed E-state index contributed by atoms with van der Waals surface area (Å²) < 4.78 is 0. The zero-order valence-electron chi connectivity index (χ0n) is 15.7. The molecule has 0 saturated heterocycles. The van der Waals surface area contributed by atoms with Crippen molar-refractivity contribution < 1.29 is 14.7 Å². The van der Waals surface area contributed by atoms with Gasteiger partial charge >= 0.3 is 5.97 Å². The SMILES string of the molecule is O=C(O)CN(CC1CC1)C1CC(NC(=O)C23CC4CC(CC(C4)C2)C3)C1. The normalized spacial score (nSPS) is 43.3. The third kappa shape index (κ3) is 3.17. The van der Waals surface area contributed by atoms with Gasteiger partial charge in [0.25, 0.3) is 0 Å². The minimum absolute atomic E-state index is 0.0609. The van der Waals surface area contributed by atoms with Crippen molar-refractivity contribution >= 4 is 11.9 Å². The molecule has 6 saturated carbocycles. The maximum Gasteiger partial charge on any atom is 0.317 e. The molecule has 6 fully saturated rings.